The van der Waals surface area contributed by atoms with E-state index in [0.717, 1.165) is 11.4 Å². The summed E-state index contributed by atoms with van der Waals surface area (Å²) in [5.74, 6) is 0.260. The van der Waals surface area contributed by atoms with Crippen LogP contribution in [0.25, 0.3) is 0 Å². The van der Waals surface area contributed by atoms with Crippen LogP contribution in [0.5, 0.6) is 0 Å². The molecule has 1 aromatic heterocycles. The number of aromatic amines is 1. The maximum Gasteiger partial charge on any atom is 0.323 e. The Morgan fingerprint density at radius 2 is 2.37 bits per heavy atom. The van der Waals surface area contributed by atoms with Crippen LogP contribution in [-0.2, 0) is 27.2 Å². The van der Waals surface area contributed by atoms with Crippen molar-refractivity contribution in [1.82, 2.24) is 15.3 Å². The van der Waals surface area contributed by atoms with Crippen molar-refractivity contribution in [3.8, 4) is 0 Å². The van der Waals surface area contributed by atoms with Crippen LogP contribution in [0.2, 0.25) is 0 Å². The molecule has 1 unspecified atom stereocenters. The molecule has 2 N–H and O–H groups in total. The van der Waals surface area contributed by atoms with Gasteiger partial charge in [-0.25, -0.2) is 4.98 Å². The van der Waals surface area contributed by atoms with Crippen LogP contribution in [0.15, 0.2) is 6.33 Å². The topological polar surface area (TPSA) is 76.2 Å². The number of ether oxygens (including phenoxy) is 2. The van der Waals surface area contributed by atoms with Crippen molar-refractivity contribution in [2.45, 2.75) is 32.9 Å². The van der Waals surface area contributed by atoms with Crippen LogP contribution < -0.4 is 5.32 Å². The Morgan fingerprint density at radius 3 is 3.16 bits per heavy atom. The molecule has 1 atom stereocenters. The molecule has 0 radical (unpaired) electrons. The molecule has 106 valence electrons. The van der Waals surface area contributed by atoms with E-state index in [9.17, 15) is 4.79 Å². The highest BCUT2D eigenvalue weighted by Crippen LogP contribution is 2.12. The predicted octanol–water partition coefficient (Wildman–Crippen LogP) is 0.640. The van der Waals surface area contributed by atoms with Gasteiger partial charge in [-0.05, 0) is 5.92 Å². The van der Waals surface area contributed by atoms with E-state index in [-0.39, 0.29) is 12.0 Å². The summed E-state index contributed by atoms with van der Waals surface area (Å²) in [6.07, 6.45) is 2.23. The zero-order valence-electron chi connectivity index (χ0n) is 11.4. The van der Waals surface area contributed by atoms with Gasteiger partial charge in [0.05, 0.1) is 24.3 Å². The predicted molar refractivity (Wildman–Crippen MR) is 69.5 cm³/mol. The van der Waals surface area contributed by atoms with Crippen molar-refractivity contribution in [2.75, 3.05) is 19.8 Å². The van der Waals surface area contributed by atoms with E-state index in [1.807, 2.05) is 0 Å². The van der Waals surface area contributed by atoms with Crippen LogP contribution in [0, 0.1) is 5.92 Å². The summed E-state index contributed by atoms with van der Waals surface area (Å²) in [6, 6.07) is -0.305. The van der Waals surface area contributed by atoms with Crippen LogP contribution in [0.4, 0.5) is 0 Å². The lowest BCUT2D eigenvalue weighted by Crippen LogP contribution is -2.43. The Labute approximate surface area is 112 Å². The van der Waals surface area contributed by atoms with Crippen molar-refractivity contribution in [1.29, 1.82) is 0 Å². The number of rotatable bonds is 6. The highest BCUT2D eigenvalue weighted by molar-refractivity contribution is 5.76. The minimum absolute atomic E-state index is 0.234. The molecule has 0 fully saturated rings. The molecule has 0 saturated heterocycles. The first kappa shape index (κ1) is 14.0. The summed E-state index contributed by atoms with van der Waals surface area (Å²) in [5.41, 5.74) is 1.99. The minimum Gasteiger partial charge on any atom is -0.462 e. The van der Waals surface area contributed by atoms with E-state index in [1.165, 1.54) is 0 Å². The second-order valence-electron chi connectivity index (χ2n) is 5.10. The van der Waals surface area contributed by atoms with Gasteiger partial charge in [0.15, 0.2) is 0 Å². The number of nitrogens with one attached hydrogen (secondary N) is 2. The van der Waals surface area contributed by atoms with Gasteiger partial charge in [-0.15, -0.1) is 0 Å². The van der Waals surface area contributed by atoms with Gasteiger partial charge >= 0.3 is 5.97 Å². The van der Waals surface area contributed by atoms with Crippen molar-refractivity contribution in [2.24, 2.45) is 5.92 Å². The second-order valence-corrected chi connectivity index (χ2v) is 5.10. The van der Waals surface area contributed by atoms with Crippen LogP contribution >= 0.6 is 0 Å². The fraction of sp³-hybridized carbons (Fsp3) is 0.692. The molecule has 19 heavy (non-hydrogen) atoms. The number of nitrogens with zero attached hydrogens (tertiary/aromatic N) is 1. The molecule has 2 rings (SSSR count). The summed E-state index contributed by atoms with van der Waals surface area (Å²) in [6.45, 7) is 6.23. The average molecular weight is 267 g/mol. The van der Waals surface area contributed by atoms with Crippen LogP contribution in [0.1, 0.15) is 25.2 Å². The maximum absolute atomic E-state index is 11.8. The molecule has 6 heteroatoms. The number of hydrogen-bond donors (Lipinski definition) is 2. The fourth-order valence-corrected chi connectivity index (χ4v) is 1.96. The standard InChI is InChI=1S/C13H21N3O3/c1-9(2)7-18-3-4-19-13(17)11-5-10-12(6-14-11)16-8-15-10/h8-9,11,14H,3-7H2,1-2H3,(H,15,16). The molecule has 0 bridgehead atoms. The molecule has 1 aromatic rings. The van der Waals surface area contributed by atoms with E-state index in [0.29, 0.717) is 38.7 Å². The first-order valence-corrected chi connectivity index (χ1v) is 6.65. The molecule has 1 aliphatic rings. The number of esters is 1. The number of H-pyrrole nitrogens is 1. The fourth-order valence-electron chi connectivity index (χ4n) is 1.96. The molecule has 0 spiro atoms. The van der Waals surface area contributed by atoms with Gasteiger partial charge in [0, 0.05) is 19.6 Å². The van der Waals surface area contributed by atoms with Gasteiger partial charge in [-0.2, -0.15) is 0 Å². The largest absolute Gasteiger partial charge is 0.462 e. The summed E-state index contributed by atoms with van der Waals surface area (Å²) in [4.78, 5) is 19.1. The van der Waals surface area contributed by atoms with E-state index >= 15 is 0 Å². The number of carbonyl (C=O) groups is 1. The van der Waals surface area contributed by atoms with Crippen LogP contribution in [0.3, 0.4) is 0 Å². The average Bonchev–Trinajstić information content (AvgIpc) is 2.84. The maximum atomic E-state index is 11.8. The van der Waals surface area contributed by atoms with Gasteiger partial charge in [0.2, 0.25) is 0 Å². The van der Waals surface area contributed by atoms with Gasteiger partial charge < -0.3 is 14.5 Å². The molecule has 0 aromatic carbocycles. The molecular formula is C13H21N3O3. The van der Waals surface area contributed by atoms with Gasteiger partial charge in [0.25, 0.3) is 0 Å². The number of imidazole rings is 1. The molecule has 1 aliphatic heterocycles. The monoisotopic (exact) mass is 267 g/mol. The summed E-state index contributed by atoms with van der Waals surface area (Å²) in [7, 11) is 0. The number of carbonyl (C=O) groups excluding carboxylic acids is 1. The van der Waals surface area contributed by atoms with E-state index < -0.39 is 0 Å². The molecule has 2 heterocycles. The third kappa shape index (κ3) is 4.04. The van der Waals surface area contributed by atoms with E-state index in [1.54, 1.807) is 6.33 Å². The Morgan fingerprint density at radius 1 is 1.53 bits per heavy atom. The molecular weight excluding hydrogens is 246 g/mol. The normalized spacial score (nSPS) is 18.4. The van der Waals surface area contributed by atoms with Gasteiger partial charge in [-0.3, -0.25) is 10.1 Å². The van der Waals surface area contributed by atoms with Crippen molar-refractivity contribution >= 4 is 5.97 Å². The third-order valence-corrected chi connectivity index (χ3v) is 2.94. The lowest BCUT2D eigenvalue weighted by Gasteiger charge is -2.21. The number of hydrogen-bond acceptors (Lipinski definition) is 5. The Hall–Kier alpha value is -1.40. The first-order valence-electron chi connectivity index (χ1n) is 6.65. The lowest BCUT2D eigenvalue weighted by molar-refractivity contribution is -0.148. The number of fused-ring (bicyclic) bond motifs is 1. The van der Waals surface area contributed by atoms with E-state index in [4.69, 9.17) is 9.47 Å². The van der Waals surface area contributed by atoms with Crippen molar-refractivity contribution in [3.63, 3.8) is 0 Å². The molecule has 6 nitrogen and oxygen atoms in total. The summed E-state index contributed by atoms with van der Waals surface area (Å²) < 4.78 is 10.6. The van der Waals surface area contributed by atoms with Crippen molar-refractivity contribution < 1.29 is 14.3 Å². The second kappa shape index (κ2) is 6.68. The number of aromatic nitrogens is 2. The third-order valence-electron chi connectivity index (χ3n) is 2.94. The lowest BCUT2D eigenvalue weighted by atomic mass is 10.1. The zero-order chi connectivity index (χ0) is 13.7. The molecule has 0 aliphatic carbocycles. The van der Waals surface area contributed by atoms with Gasteiger partial charge in [0.1, 0.15) is 12.6 Å². The van der Waals surface area contributed by atoms with Crippen molar-refractivity contribution in [3.05, 3.63) is 17.7 Å². The Kier molecular flexibility index (Phi) is 4.93. The highest BCUT2D eigenvalue weighted by atomic mass is 16.6. The zero-order valence-corrected chi connectivity index (χ0v) is 11.4. The Bertz CT molecular complexity index is 417. The molecule has 0 saturated carbocycles. The highest BCUT2D eigenvalue weighted by Gasteiger charge is 2.26. The smallest absolute Gasteiger partial charge is 0.323 e. The summed E-state index contributed by atoms with van der Waals surface area (Å²) >= 11 is 0. The van der Waals surface area contributed by atoms with E-state index in [2.05, 4.69) is 29.1 Å². The quantitative estimate of drug-likeness (QED) is 0.584. The molecule has 0 amide bonds. The SMILES string of the molecule is CC(C)COCCOC(=O)C1Cc2nc[nH]c2CN1. The summed E-state index contributed by atoms with van der Waals surface area (Å²) in [5, 5.41) is 3.13. The minimum atomic E-state index is -0.305. The van der Waals surface area contributed by atoms with Crippen LogP contribution in [-0.4, -0.2) is 41.8 Å². The van der Waals surface area contributed by atoms with Gasteiger partial charge in [-0.1, -0.05) is 13.8 Å². The first-order chi connectivity index (χ1) is 9.16. The Balaban J connectivity index is 1.67.